The Morgan fingerprint density at radius 2 is 2.19 bits per heavy atom. The van der Waals surface area contributed by atoms with E-state index in [2.05, 4.69) is 5.10 Å². The van der Waals surface area contributed by atoms with E-state index in [9.17, 15) is 4.79 Å². The number of ketones is 1. The molecular formula is C12H11ClN2O. The van der Waals surface area contributed by atoms with Gasteiger partial charge in [0.1, 0.15) is 0 Å². The number of hydrogen-bond donors (Lipinski definition) is 0. The van der Waals surface area contributed by atoms with E-state index in [1.165, 1.54) is 6.92 Å². The summed E-state index contributed by atoms with van der Waals surface area (Å²) < 4.78 is 1.66. The summed E-state index contributed by atoms with van der Waals surface area (Å²) in [6, 6.07) is 5.58. The molecule has 0 bridgehead atoms. The van der Waals surface area contributed by atoms with Crippen LogP contribution in [0, 0.1) is 6.92 Å². The van der Waals surface area contributed by atoms with E-state index in [0.717, 1.165) is 11.3 Å². The lowest BCUT2D eigenvalue weighted by Gasteiger charge is -2.05. The second-order valence-electron chi connectivity index (χ2n) is 3.66. The zero-order valence-electron chi connectivity index (χ0n) is 9.07. The molecule has 0 radical (unpaired) electrons. The predicted molar refractivity (Wildman–Crippen MR) is 63.3 cm³/mol. The number of hydrogen-bond acceptors (Lipinski definition) is 2. The van der Waals surface area contributed by atoms with Crippen LogP contribution >= 0.6 is 11.6 Å². The number of halogens is 1. The molecule has 0 atom stereocenters. The number of carbonyl (C=O) groups excluding carboxylic acids is 1. The van der Waals surface area contributed by atoms with Crippen molar-refractivity contribution in [1.82, 2.24) is 9.78 Å². The zero-order valence-corrected chi connectivity index (χ0v) is 9.82. The Labute approximate surface area is 98.7 Å². The zero-order chi connectivity index (χ0) is 11.7. The largest absolute Gasteiger partial charge is 0.294 e. The maximum absolute atomic E-state index is 11.2. The van der Waals surface area contributed by atoms with Crippen LogP contribution in [0.15, 0.2) is 30.6 Å². The van der Waals surface area contributed by atoms with Crippen LogP contribution in [0.2, 0.25) is 5.02 Å². The first-order valence-corrected chi connectivity index (χ1v) is 5.28. The van der Waals surface area contributed by atoms with E-state index in [4.69, 9.17) is 11.6 Å². The van der Waals surface area contributed by atoms with Crippen molar-refractivity contribution in [3.63, 3.8) is 0 Å². The summed E-state index contributed by atoms with van der Waals surface area (Å²) in [6.07, 6.45) is 3.27. The van der Waals surface area contributed by atoms with E-state index in [-0.39, 0.29) is 5.78 Å². The van der Waals surface area contributed by atoms with Crippen molar-refractivity contribution < 1.29 is 4.79 Å². The number of rotatable bonds is 2. The summed E-state index contributed by atoms with van der Waals surface area (Å²) in [4.78, 5) is 11.2. The van der Waals surface area contributed by atoms with Gasteiger partial charge in [-0.05, 0) is 31.5 Å². The Kier molecular flexibility index (Phi) is 2.79. The second-order valence-corrected chi connectivity index (χ2v) is 4.10. The van der Waals surface area contributed by atoms with Gasteiger partial charge in [0, 0.05) is 11.2 Å². The number of Topliss-reactive ketones (excluding diaryl/α,β-unsaturated/α-hetero) is 1. The van der Waals surface area contributed by atoms with E-state index in [0.29, 0.717) is 10.6 Å². The van der Waals surface area contributed by atoms with Crippen molar-refractivity contribution in [1.29, 1.82) is 0 Å². The Balaban J connectivity index is 2.50. The molecular weight excluding hydrogens is 224 g/mol. The summed E-state index contributed by atoms with van der Waals surface area (Å²) in [6.45, 7) is 3.49. The number of aromatic nitrogens is 2. The smallest absolute Gasteiger partial charge is 0.162 e. The maximum Gasteiger partial charge on any atom is 0.162 e. The molecule has 1 heterocycles. The van der Waals surface area contributed by atoms with Gasteiger partial charge in [0.2, 0.25) is 0 Å². The monoisotopic (exact) mass is 234 g/mol. The van der Waals surface area contributed by atoms with E-state index < -0.39 is 0 Å². The van der Waals surface area contributed by atoms with Crippen molar-refractivity contribution in [3.05, 3.63) is 46.7 Å². The van der Waals surface area contributed by atoms with Gasteiger partial charge in [0.15, 0.2) is 5.78 Å². The van der Waals surface area contributed by atoms with Gasteiger partial charge in [-0.25, -0.2) is 4.68 Å². The highest BCUT2D eigenvalue weighted by Gasteiger charge is 2.07. The molecule has 16 heavy (non-hydrogen) atoms. The average Bonchev–Trinajstić information content (AvgIpc) is 2.70. The number of nitrogens with zero attached hydrogens (tertiary/aromatic N) is 2. The van der Waals surface area contributed by atoms with Crippen LogP contribution in [-0.4, -0.2) is 15.6 Å². The third-order valence-electron chi connectivity index (χ3n) is 2.41. The SMILES string of the molecule is CC(=O)c1cnn(-c2cc(Cl)ccc2C)c1. The van der Waals surface area contributed by atoms with Crippen LogP contribution in [0.5, 0.6) is 0 Å². The first-order chi connectivity index (χ1) is 7.58. The van der Waals surface area contributed by atoms with Gasteiger partial charge in [-0.1, -0.05) is 17.7 Å². The Morgan fingerprint density at radius 1 is 1.44 bits per heavy atom. The highest BCUT2D eigenvalue weighted by molar-refractivity contribution is 6.30. The molecule has 2 aromatic rings. The molecule has 0 saturated carbocycles. The minimum absolute atomic E-state index is 0.00549. The molecule has 0 aliphatic rings. The van der Waals surface area contributed by atoms with Crippen molar-refractivity contribution in [3.8, 4) is 5.69 Å². The summed E-state index contributed by atoms with van der Waals surface area (Å²) in [5.41, 5.74) is 2.54. The highest BCUT2D eigenvalue weighted by atomic mass is 35.5. The lowest BCUT2D eigenvalue weighted by molar-refractivity contribution is 0.101. The number of aryl methyl sites for hydroxylation is 1. The number of carbonyl (C=O) groups is 1. The van der Waals surface area contributed by atoms with Gasteiger partial charge in [-0.2, -0.15) is 5.10 Å². The third kappa shape index (κ3) is 1.99. The first-order valence-electron chi connectivity index (χ1n) is 4.90. The molecule has 4 heteroatoms. The fourth-order valence-corrected chi connectivity index (χ4v) is 1.63. The molecule has 1 aromatic heterocycles. The molecule has 0 amide bonds. The fraction of sp³-hybridized carbons (Fsp3) is 0.167. The van der Waals surface area contributed by atoms with E-state index >= 15 is 0 Å². The third-order valence-corrected chi connectivity index (χ3v) is 2.64. The summed E-state index contributed by atoms with van der Waals surface area (Å²) in [5.74, 6) is 0.00549. The molecule has 0 unspecified atom stereocenters. The van der Waals surface area contributed by atoms with Gasteiger partial charge >= 0.3 is 0 Å². The molecule has 0 fully saturated rings. The minimum atomic E-state index is 0.00549. The first kappa shape index (κ1) is 10.9. The Hall–Kier alpha value is -1.61. The maximum atomic E-state index is 11.2. The summed E-state index contributed by atoms with van der Waals surface area (Å²) >= 11 is 5.93. The molecule has 1 aromatic carbocycles. The van der Waals surface area contributed by atoms with Crippen molar-refractivity contribution in [2.45, 2.75) is 13.8 Å². The standard InChI is InChI=1S/C12H11ClN2O/c1-8-3-4-11(13)5-12(8)15-7-10(6-14-15)9(2)16/h3-7H,1-2H3. The summed E-state index contributed by atoms with van der Waals surface area (Å²) in [7, 11) is 0. The predicted octanol–water partition coefficient (Wildman–Crippen LogP) is 3.04. The summed E-state index contributed by atoms with van der Waals surface area (Å²) in [5, 5.41) is 4.80. The highest BCUT2D eigenvalue weighted by Crippen LogP contribution is 2.19. The van der Waals surface area contributed by atoms with Gasteiger partial charge in [0.25, 0.3) is 0 Å². The second kappa shape index (κ2) is 4.10. The Morgan fingerprint density at radius 3 is 2.81 bits per heavy atom. The van der Waals surface area contributed by atoms with Crippen LogP contribution in [-0.2, 0) is 0 Å². The van der Waals surface area contributed by atoms with E-state index in [1.807, 2.05) is 25.1 Å². The lowest BCUT2D eigenvalue weighted by Crippen LogP contribution is -1.97. The molecule has 82 valence electrons. The fourth-order valence-electron chi connectivity index (χ4n) is 1.47. The molecule has 3 nitrogen and oxygen atoms in total. The normalized spacial score (nSPS) is 10.4. The molecule has 0 saturated heterocycles. The lowest BCUT2D eigenvalue weighted by atomic mass is 10.2. The van der Waals surface area contributed by atoms with Gasteiger partial charge < -0.3 is 0 Å². The molecule has 0 aliphatic heterocycles. The van der Waals surface area contributed by atoms with E-state index in [1.54, 1.807) is 17.1 Å². The van der Waals surface area contributed by atoms with Crippen molar-refractivity contribution in [2.24, 2.45) is 0 Å². The van der Waals surface area contributed by atoms with Crippen molar-refractivity contribution >= 4 is 17.4 Å². The number of benzene rings is 1. The topological polar surface area (TPSA) is 34.9 Å². The molecule has 2 rings (SSSR count). The van der Waals surface area contributed by atoms with Crippen LogP contribution in [0.4, 0.5) is 0 Å². The van der Waals surface area contributed by atoms with Gasteiger partial charge in [-0.15, -0.1) is 0 Å². The van der Waals surface area contributed by atoms with Gasteiger partial charge in [0.05, 0.1) is 17.4 Å². The van der Waals surface area contributed by atoms with Gasteiger partial charge in [-0.3, -0.25) is 4.79 Å². The molecule has 0 spiro atoms. The quantitative estimate of drug-likeness (QED) is 0.749. The van der Waals surface area contributed by atoms with Crippen LogP contribution in [0.3, 0.4) is 0 Å². The Bertz CT molecular complexity index is 546. The van der Waals surface area contributed by atoms with Crippen LogP contribution in [0.25, 0.3) is 5.69 Å². The van der Waals surface area contributed by atoms with Crippen molar-refractivity contribution in [2.75, 3.05) is 0 Å². The molecule has 0 N–H and O–H groups in total. The average molecular weight is 235 g/mol. The van der Waals surface area contributed by atoms with Crippen LogP contribution in [0.1, 0.15) is 22.8 Å². The minimum Gasteiger partial charge on any atom is -0.294 e. The molecule has 0 aliphatic carbocycles. The van der Waals surface area contributed by atoms with Crippen LogP contribution < -0.4 is 0 Å².